The van der Waals surface area contributed by atoms with E-state index in [1.165, 1.54) is 0 Å². The first-order chi connectivity index (χ1) is 7.56. The molecule has 0 aliphatic carbocycles. The highest BCUT2D eigenvalue weighted by Gasteiger charge is 2.08. The Morgan fingerprint density at radius 1 is 1.56 bits per heavy atom. The smallest absolute Gasteiger partial charge is 0.240 e. The minimum Gasteiger partial charge on any atom is -0.342 e. The standard InChI is InChI=1S/C11H14N4O/c1-6(12)11(16)15-8-3-4-9-10(5-8)14-7(2)13-9/h3-6H,12H2,1-2H3,(H,13,14)(H,15,16)/t6-/m0/s1. The number of benzene rings is 1. The maximum Gasteiger partial charge on any atom is 0.240 e. The Balaban J connectivity index is 2.29. The number of anilines is 1. The van der Waals surface area contributed by atoms with E-state index in [2.05, 4.69) is 15.3 Å². The fraction of sp³-hybridized carbons (Fsp3) is 0.273. The van der Waals surface area contributed by atoms with Crippen LogP contribution in [0.25, 0.3) is 11.0 Å². The number of fused-ring (bicyclic) bond motifs is 1. The molecule has 5 heteroatoms. The van der Waals surface area contributed by atoms with Crippen LogP contribution in [0.4, 0.5) is 5.69 Å². The van der Waals surface area contributed by atoms with Gasteiger partial charge in [-0.15, -0.1) is 0 Å². The van der Waals surface area contributed by atoms with Gasteiger partial charge >= 0.3 is 0 Å². The summed E-state index contributed by atoms with van der Waals surface area (Å²) in [5, 5.41) is 2.73. The minimum absolute atomic E-state index is 0.199. The highest BCUT2D eigenvalue weighted by molar-refractivity contribution is 5.96. The predicted molar refractivity (Wildman–Crippen MR) is 63.1 cm³/mol. The molecule has 16 heavy (non-hydrogen) atoms. The molecule has 2 aromatic rings. The average molecular weight is 218 g/mol. The van der Waals surface area contributed by atoms with Gasteiger partial charge in [0.2, 0.25) is 5.91 Å². The molecule has 1 atom stereocenters. The molecule has 84 valence electrons. The Morgan fingerprint density at radius 3 is 3.00 bits per heavy atom. The van der Waals surface area contributed by atoms with Crippen molar-refractivity contribution < 1.29 is 4.79 Å². The van der Waals surface area contributed by atoms with Crippen molar-refractivity contribution in [3.8, 4) is 0 Å². The van der Waals surface area contributed by atoms with E-state index in [1.807, 2.05) is 25.1 Å². The van der Waals surface area contributed by atoms with Crippen molar-refractivity contribution in [1.82, 2.24) is 9.97 Å². The lowest BCUT2D eigenvalue weighted by atomic mass is 10.2. The number of amides is 1. The highest BCUT2D eigenvalue weighted by atomic mass is 16.2. The summed E-state index contributed by atoms with van der Waals surface area (Å²) in [6.45, 7) is 3.54. The van der Waals surface area contributed by atoms with Crippen molar-refractivity contribution in [2.45, 2.75) is 19.9 Å². The summed E-state index contributed by atoms with van der Waals surface area (Å²) in [7, 11) is 0. The first-order valence-corrected chi connectivity index (χ1v) is 5.09. The number of nitrogens with two attached hydrogens (primary N) is 1. The van der Waals surface area contributed by atoms with Crippen LogP contribution in [0.15, 0.2) is 18.2 Å². The maximum atomic E-state index is 11.4. The molecule has 0 aliphatic rings. The zero-order valence-electron chi connectivity index (χ0n) is 9.24. The highest BCUT2D eigenvalue weighted by Crippen LogP contribution is 2.16. The number of carbonyl (C=O) groups is 1. The molecule has 0 bridgehead atoms. The summed E-state index contributed by atoms with van der Waals surface area (Å²) in [6.07, 6.45) is 0. The lowest BCUT2D eigenvalue weighted by Crippen LogP contribution is -2.32. The summed E-state index contributed by atoms with van der Waals surface area (Å²) in [6, 6.07) is 4.99. The van der Waals surface area contributed by atoms with Gasteiger partial charge < -0.3 is 16.0 Å². The van der Waals surface area contributed by atoms with Crippen LogP contribution < -0.4 is 11.1 Å². The van der Waals surface area contributed by atoms with Crippen LogP contribution in [-0.2, 0) is 4.79 Å². The lowest BCUT2D eigenvalue weighted by Gasteiger charge is -2.07. The molecule has 0 saturated heterocycles. The number of nitrogens with one attached hydrogen (secondary N) is 2. The summed E-state index contributed by atoms with van der Waals surface area (Å²) >= 11 is 0. The number of hydrogen-bond donors (Lipinski definition) is 3. The quantitative estimate of drug-likeness (QED) is 0.707. The first kappa shape index (κ1) is 10.6. The lowest BCUT2D eigenvalue weighted by molar-refractivity contribution is -0.117. The van der Waals surface area contributed by atoms with E-state index in [0.717, 1.165) is 22.5 Å². The molecule has 0 unspecified atom stereocenters. The molecular formula is C11H14N4O. The van der Waals surface area contributed by atoms with E-state index < -0.39 is 6.04 Å². The molecule has 0 saturated carbocycles. The molecule has 1 heterocycles. The SMILES string of the molecule is Cc1nc2ccc(NC(=O)[C@H](C)N)cc2[nH]1. The number of H-pyrrole nitrogens is 1. The third kappa shape index (κ3) is 2.04. The van der Waals surface area contributed by atoms with Crippen LogP contribution in [0.3, 0.4) is 0 Å². The van der Waals surface area contributed by atoms with Crippen molar-refractivity contribution in [2.75, 3.05) is 5.32 Å². The third-order valence-electron chi connectivity index (χ3n) is 2.28. The normalized spacial score (nSPS) is 12.7. The van der Waals surface area contributed by atoms with Crippen LogP contribution >= 0.6 is 0 Å². The van der Waals surface area contributed by atoms with Crippen LogP contribution in [-0.4, -0.2) is 21.9 Å². The van der Waals surface area contributed by atoms with Gasteiger partial charge in [0.05, 0.1) is 17.1 Å². The first-order valence-electron chi connectivity index (χ1n) is 5.09. The summed E-state index contributed by atoms with van der Waals surface area (Å²) in [4.78, 5) is 18.8. The number of aryl methyl sites for hydroxylation is 1. The van der Waals surface area contributed by atoms with Gasteiger partial charge in [0.25, 0.3) is 0 Å². The zero-order valence-corrected chi connectivity index (χ0v) is 9.24. The Hall–Kier alpha value is -1.88. The largest absolute Gasteiger partial charge is 0.342 e. The van der Waals surface area contributed by atoms with Gasteiger partial charge in [0.1, 0.15) is 5.82 Å². The summed E-state index contributed by atoms with van der Waals surface area (Å²) in [5.74, 6) is 0.654. The Kier molecular flexibility index (Phi) is 2.62. The van der Waals surface area contributed by atoms with E-state index >= 15 is 0 Å². The van der Waals surface area contributed by atoms with E-state index in [9.17, 15) is 4.79 Å². The molecule has 5 nitrogen and oxygen atoms in total. The van der Waals surface area contributed by atoms with Crippen LogP contribution in [0, 0.1) is 6.92 Å². The molecule has 0 fully saturated rings. The number of carbonyl (C=O) groups excluding carboxylic acids is 1. The van der Waals surface area contributed by atoms with Gasteiger partial charge in [-0.1, -0.05) is 0 Å². The number of aromatic nitrogens is 2. The van der Waals surface area contributed by atoms with Crippen molar-refractivity contribution in [2.24, 2.45) is 5.73 Å². The number of hydrogen-bond acceptors (Lipinski definition) is 3. The van der Waals surface area contributed by atoms with Gasteiger partial charge in [-0.3, -0.25) is 4.79 Å². The average Bonchev–Trinajstić information content (AvgIpc) is 2.57. The van der Waals surface area contributed by atoms with Crippen molar-refractivity contribution >= 4 is 22.6 Å². The Labute approximate surface area is 93.1 Å². The maximum absolute atomic E-state index is 11.4. The molecule has 2 rings (SSSR count). The summed E-state index contributed by atoms with van der Waals surface area (Å²) in [5.41, 5.74) is 7.98. The van der Waals surface area contributed by atoms with E-state index in [0.29, 0.717) is 0 Å². The van der Waals surface area contributed by atoms with E-state index in [4.69, 9.17) is 5.73 Å². The van der Waals surface area contributed by atoms with Crippen molar-refractivity contribution in [3.05, 3.63) is 24.0 Å². The zero-order chi connectivity index (χ0) is 11.7. The topological polar surface area (TPSA) is 83.8 Å². The predicted octanol–water partition coefficient (Wildman–Crippen LogP) is 1.16. The second kappa shape index (κ2) is 3.94. The molecule has 0 aliphatic heterocycles. The van der Waals surface area contributed by atoms with Gasteiger partial charge in [0.15, 0.2) is 0 Å². The molecule has 0 radical (unpaired) electrons. The molecule has 1 aromatic heterocycles. The minimum atomic E-state index is -0.515. The fourth-order valence-electron chi connectivity index (χ4n) is 1.47. The van der Waals surface area contributed by atoms with Gasteiger partial charge in [-0.05, 0) is 32.0 Å². The van der Waals surface area contributed by atoms with Crippen molar-refractivity contribution in [1.29, 1.82) is 0 Å². The van der Waals surface area contributed by atoms with E-state index in [1.54, 1.807) is 6.92 Å². The number of rotatable bonds is 2. The van der Waals surface area contributed by atoms with Gasteiger partial charge in [0, 0.05) is 5.69 Å². The number of aromatic amines is 1. The Morgan fingerprint density at radius 2 is 2.31 bits per heavy atom. The molecule has 4 N–H and O–H groups in total. The molecule has 1 aromatic carbocycles. The second-order valence-electron chi connectivity index (χ2n) is 3.83. The van der Waals surface area contributed by atoms with Crippen LogP contribution in [0.5, 0.6) is 0 Å². The monoisotopic (exact) mass is 218 g/mol. The summed E-state index contributed by atoms with van der Waals surface area (Å²) < 4.78 is 0. The third-order valence-corrected chi connectivity index (χ3v) is 2.28. The van der Waals surface area contributed by atoms with E-state index in [-0.39, 0.29) is 5.91 Å². The van der Waals surface area contributed by atoms with Crippen LogP contribution in [0.1, 0.15) is 12.7 Å². The van der Waals surface area contributed by atoms with Crippen molar-refractivity contribution in [3.63, 3.8) is 0 Å². The Bertz CT molecular complexity index is 530. The van der Waals surface area contributed by atoms with Gasteiger partial charge in [-0.2, -0.15) is 0 Å². The number of nitrogens with zero attached hydrogens (tertiary/aromatic N) is 1. The van der Waals surface area contributed by atoms with Gasteiger partial charge in [-0.25, -0.2) is 4.98 Å². The fourth-order valence-corrected chi connectivity index (χ4v) is 1.47. The molecule has 1 amide bonds. The molecular weight excluding hydrogens is 204 g/mol. The number of imidazole rings is 1. The second-order valence-corrected chi connectivity index (χ2v) is 3.83. The van der Waals surface area contributed by atoms with Crippen LogP contribution in [0.2, 0.25) is 0 Å². The molecule has 0 spiro atoms.